The first-order chi connectivity index (χ1) is 13.4. The van der Waals surface area contributed by atoms with Crippen LogP contribution in [0.1, 0.15) is 50.6 Å². The van der Waals surface area contributed by atoms with Gasteiger partial charge in [-0.15, -0.1) is 11.8 Å². The van der Waals surface area contributed by atoms with Gasteiger partial charge < -0.3 is 10.6 Å². The van der Waals surface area contributed by atoms with Gasteiger partial charge in [-0.05, 0) is 48.9 Å². The number of benzene rings is 1. The summed E-state index contributed by atoms with van der Waals surface area (Å²) < 4.78 is 13.6. The first-order valence-corrected chi connectivity index (χ1v) is 10.7. The second-order valence-electron chi connectivity index (χ2n) is 7.88. The Kier molecular flexibility index (Phi) is 5.07. The molecule has 1 aliphatic carbocycles. The molecule has 1 aromatic carbocycles. The van der Waals surface area contributed by atoms with Crippen LogP contribution < -0.4 is 10.6 Å². The average Bonchev–Trinajstić information content (AvgIpc) is 2.90. The quantitative estimate of drug-likeness (QED) is 0.758. The number of imide groups is 1. The van der Waals surface area contributed by atoms with E-state index in [1.807, 2.05) is 6.92 Å². The molecule has 1 saturated carbocycles. The normalized spacial score (nSPS) is 29.6. The second-order valence-corrected chi connectivity index (χ2v) is 9.02. The molecule has 2 fully saturated rings. The molecule has 2 aliphatic heterocycles. The monoisotopic (exact) mass is 405 g/mol. The van der Waals surface area contributed by atoms with Crippen molar-refractivity contribution in [3.8, 4) is 0 Å². The number of nitrogens with one attached hydrogen (secondary N) is 2. The predicted octanol–water partition coefficient (Wildman–Crippen LogP) is 2.98. The van der Waals surface area contributed by atoms with Crippen LogP contribution in [0.3, 0.4) is 0 Å². The number of thioether (sulfide) groups is 1. The van der Waals surface area contributed by atoms with Crippen LogP contribution in [0.25, 0.3) is 0 Å². The molecule has 0 radical (unpaired) electrons. The fourth-order valence-corrected chi connectivity index (χ4v) is 5.64. The highest BCUT2D eigenvalue weighted by Gasteiger charge is 2.55. The highest BCUT2D eigenvalue weighted by Crippen LogP contribution is 2.39. The highest BCUT2D eigenvalue weighted by molar-refractivity contribution is 7.99. The number of nitrogens with zero attached hydrogens (tertiary/aromatic N) is 1. The topological polar surface area (TPSA) is 78.5 Å². The summed E-state index contributed by atoms with van der Waals surface area (Å²) in [6.45, 7) is 1.67. The molecule has 0 bridgehead atoms. The zero-order valence-corrected chi connectivity index (χ0v) is 16.6. The van der Waals surface area contributed by atoms with Crippen LogP contribution in [-0.2, 0) is 9.59 Å². The third-order valence-electron chi connectivity index (χ3n) is 6.15. The van der Waals surface area contributed by atoms with Crippen molar-refractivity contribution >= 4 is 29.6 Å². The third-order valence-corrected chi connectivity index (χ3v) is 7.27. The Balaban J connectivity index is 1.46. The first kappa shape index (κ1) is 19.2. The standard InChI is InChI=1S/C20H24FN3O3S/c1-12-4-2-3-8-20(12)18(26)24(19(27)23-20)11-17(25)22-15-7-9-28-16-6-5-13(21)10-14(15)16/h5-6,10,12,15H,2-4,7-9,11H2,1H3,(H,22,25)(H,23,27)/t12-,15+,20-/m0/s1. The van der Waals surface area contributed by atoms with E-state index in [1.165, 1.54) is 12.1 Å². The van der Waals surface area contributed by atoms with Gasteiger partial charge in [0, 0.05) is 10.6 Å². The van der Waals surface area contributed by atoms with Gasteiger partial charge in [0.25, 0.3) is 5.91 Å². The molecular formula is C20H24FN3O3S. The number of carbonyl (C=O) groups excluding carboxylic acids is 3. The zero-order valence-electron chi connectivity index (χ0n) is 15.8. The lowest BCUT2D eigenvalue weighted by atomic mass is 9.73. The molecule has 2 N–H and O–H groups in total. The molecule has 150 valence electrons. The van der Waals surface area contributed by atoms with E-state index in [1.54, 1.807) is 17.8 Å². The van der Waals surface area contributed by atoms with Crippen molar-refractivity contribution in [1.29, 1.82) is 0 Å². The number of fused-ring (bicyclic) bond motifs is 1. The minimum Gasteiger partial charge on any atom is -0.348 e. The van der Waals surface area contributed by atoms with Gasteiger partial charge >= 0.3 is 6.03 Å². The summed E-state index contributed by atoms with van der Waals surface area (Å²) in [5, 5.41) is 5.74. The maximum absolute atomic E-state index is 13.6. The summed E-state index contributed by atoms with van der Waals surface area (Å²) in [6.07, 6.45) is 4.10. The van der Waals surface area contributed by atoms with E-state index in [9.17, 15) is 18.8 Å². The van der Waals surface area contributed by atoms with Crippen LogP contribution in [-0.4, -0.2) is 40.6 Å². The molecule has 0 unspecified atom stereocenters. The predicted molar refractivity (Wildman–Crippen MR) is 103 cm³/mol. The Morgan fingerprint density at radius 1 is 1.36 bits per heavy atom. The van der Waals surface area contributed by atoms with Gasteiger partial charge in [-0.25, -0.2) is 9.18 Å². The second kappa shape index (κ2) is 7.39. The molecule has 3 atom stereocenters. The molecule has 1 saturated heterocycles. The Morgan fingerprint density at radius 3 is 2.96 bits per heavy atom. The Morgan fingerprint density at radius 2 is 2.18 bits per heavy atom. The van der Waals surface area contributed by atoms with E-state index in [2.05, 4.69) is 10.6 Å². The van der Waals surface area contributed by atoms with Crippen molar-refractivity contribution in [3.63, 3.8) is 0 Å². The van der Waals surface area contributed by atoms with Crippen LogP contribution in [0, 0.1) is 11.7 Å². The smallest absolute Gasteiger partial charge is 0.325 e. The largest absolute Gasteiger partial charge is 0.348 e. The maximum atomic E-state index is 13.6. The summed E-state index contributed by atoms with van der Waals surface area (Å²) >= 11 is 1.63. The van der Waals surface area contributed by atoms with Crippen LogP contribution in [0.2, 0.25) is 0 Å². The van der Waals surface area contributed by atoms with Crippen molar-refractivity contribution in [2.75, 3.05) is 12.3 Å². The molecule has 6 nitrogen and oxygen atoms in total. The number of amides is 4. The highest BCUT2D eigenvalue weighted by atomic mass is 32.2. The average molecular weight is 405 g/mol. The van der Waals surface area contributed by atoms with Crippen LogP contribution in [0.5, 0.6) is 0 Å². The molecular weight excluding hydrogens is 381 g/mol. The Bertz CT molecular complexity index is 833. The summed E-state index contributed by atoms with van der Waals surface area (Å²) in [6, 6.07) is 3.76. The lowest BCUT2D eigenvalue weighted by Crippen LogP contribution is -2.54. The fraction of sp³-hybridized carbons (Fsp3) is 0.550. The number of hydrogen-bond acceptors (Lipinski definition) is 4. The molecule has 3 aliphatic rings. The van der Waals surface area contributed by atoms with Gasteiger partial charge in [-0.1, -0.05) is 19.8 Å². The molecule has 4 rings (SSSR count). The molecule has 4 amide bonds. The first-order valence-electron chi connectivity index (χ1n) is 9.76. The summed E-state index contributed by atoms with van der Waals surface area (Å²) in [7, 11) is 0. The van der Waals surface area contributed by atoms with E-state index < -0.39 is 17.5 Å². The van der Waals surface area contributed by atoms with Crippen molar-refractivity contribution < 1.29 is 18.8 Å². The summed E-state index contributed by atoms with van der Waals surface area (Å²) in [4.78, 5) is 40.0. The molecule has 0 aromatic heterocycles. The fourth-order valence-electron chi connectivity index (χ4n) is 4.54. The summed E-state index contributed by atoms with van der Waals surface area (Å²) in [5.41, 5.74) is -0.119. The van der Waals surface area contributed by atoms with Gasteiger partial charge in [-0.3, -0.25) is 14.5 Å². The van der Waals surface area contributed by atoms with Crippen molar-refractivity contribution in [2.45, 2.75) is 55.5 Å². The number of hydrogen-bond donors (Lipinski definition) is 2. The van der Waals surface area contributed by atoms with Crippen LogP contribution in [0.4, 0.5) is 9.18 Å². The maximum Gasteiger partial charge on any atom is 0.325 e. The van der Waals surface area contributed by atoms with E-state index >= 15 is 0 Å². The van der Waals surface area contributed by atoms with Crippen molar-refractivity contribution in [3.05, 3.63) is 29.6 Å². The van der Waals surface area contributed by atoms with Gasteiger partial charge in [0.15, 0.2) is 0 Å². The van der Waals surface area contributed by atoms with Gasteiger partial charge in [-0.2, -0.15) is 0 Å². The lowest BCUT2D eigenvalue weighted by Gasteiger charge is -2.36. The Labute approximate surface area is 167 Å². The molecule has 2 heterocycles. The SMILES string of the molecule is C[C@H]1CCCC[C@]12NC(=O)N(CC(=O)N[C@@H]1CCSc3ccc(F)cc31)C2=O. The minimum absolute atomic E-state index is 0.0518. The van der Waals surface area contributed by atoms with E-state index in [0.29, 0.717) is 12.8 Å². The van der Waals surface area contributed by atoms with Crippen LogP contribution >= 0.6 is 11.8 Å². The van der Waals surface area contributed by atoms with E-state index in [-0.39, 0.29) is 30.2 Å². The van der Waals surface area contributed by atoms with E-state index in [4.69, 9.17) is 0 Å². The van der Waals surface area contributed by atoms with E-state index in [0.717, 1.165) is 40.4 Å². The van der Waals surface area contributed by atoms with Crippen molar-refractivity contribution in [2.24, 2.45) is 5.92 Å². The third kappa shape index (κ3) is 3.27. The molecule has 28 heavy (non-hydrogen) atoms. The van der Waals surface area contributed by atoms with Gasteiger partial charge in [0.2, 0.25) is 5.91 Å². The molecule has 1 aromatic rings. The Hall–Kier alpha value is -2.09. The lowest BCUT2D eigenvalue weighted by molar-refractivity contribution is -0.137. The van der Waals surface area contributed by atoms with Gasteiger partial charge in [0.05, 0.1) is 6.04 Å². The number of urea groups is 1. The van der Waals surface area contributed by atoms with Crippen molar-refractivity contribution in [1.82, 2.24) is 15.5 Å². The summed E-state index contributed by atoms with van der Waals surface area (Å²) in [5.74, 6) is -0.187. The number of rotatable bonds is 3. The minimum atomic E-state index is -0.868. The number of carbonyl (C=O) groups is 3. The molecule has 8 heteroatoms. The molecule has 1 spiro atoms. The van der Waals surface area contributed by atoms with Gasteiger partial charge in [0.1, 0.15) is 17.9 Å². The van der Waals surface area contributed by atoms with Crippen LogP contribution in [0.15, 0.2) is 23.1 Å². The number of halogens is 1. The zero-order chi connectivity index (χ0) is 19.9.